The summed E-state index contributed by atoms with van der Waals surface area (Å²) in [4.78, 5) is 3.98. The summed E-state index contributed by atoms with van der Waals surface area (Å²) >= 11 is 1.89. The zero-order chi connectivity index (χ0) is 10.4. The number of methoxy groups -OCH3 is 1. The summed E-state index contributed by atoms with van der Waals surface area (Å²) in [5.41, 5.74) is 1.29. The van der Waals surface area contributed by atoms with Gasteiger partial charge in [-0.3, -0.25) is 4.98 Å². The smallest absolute Gasteiger partial charge is 0.0712 e. The number of hydrogen-bond donors (Lipinski definition) is 0. The standard InChI is InChI=1S/C11H17NOS/c1-11(2,13-3)9-14-8-10-4-6-12-7-5-10/h4-7H,8-9H2,1-3H3. The van der Waals surface area contributed by atoms with Crippen LogP contribution in [0.3, 0.4) is 0 Å². The van der Waals surface area contributed by atoms with Gasteiger partial charge in [0.05, 0.1) is 5.60 Å². The van der Waals surface area contributed by atoms with Gasteiger partial charge in [0.2, 0.25) is 0 Å². The van der Waals surface area contributed by atoms with Crippen molar-refractivity contribution >= 4 is 11.8 Å². The number of aromatic nitrogens is 1. The van der Waals surface area contributed by atoms with E-state index in [-0.39, 0.29) is 5.60 Å². The number of rotatable bonds is 5. The number of pyridine rings is 1. The Morgan fingerprint density at radius 1 is 1.36 bits per heavy atom. The fourth-order valence-corrected chi connectivity index (χ4v) is 2.09. The summed E-state index contributed by atoms with van der Waals surface area (Å²) in [5.74, 6) is 2.03. The Bertz CT molecular complexity index is 261. The molecule has 0 aliphatic heterocycles. The number of thioether (sulfide) groups is 1. The molecule has 14 heavy (non-hydrogen) atoms. The van der Waals surface area contributed by atoms with Crippen molar-refractivity contribution in [2.75, 3.05) is 12.9 Å². The van der Waals surface area contributed by atoms with E-state index in [1.165, 1.54) is 5.56 Å². The topological polar surface area (TPSA) is 22.1 Å². The largest absolute Gasteiger partial charge is 0.378 e. The highest BCUT2D eigenvalue weighted by molar-refractivity contribution is 7.98. The van der Waals surface area contributed by atoms with Gasteiger partial charge in [0.25, 0.3) is 0 Å². The molecular formula is C11H17NOS. The van der Waals surface area contributed by atoms with Crippen LogP contribution in [0.15, 0.2) is 24.5 Å². The maximum Gasteiger partial charge on any atom is 0.0712 e. The van der Waals surface area contributed by atoms with Crippen LogP contribution in [-0.4, -0.2) is 23.4 Å². The predicted molar refractivity (Wildman–Crippen MR) is 61.5 cm³/mol. The van der Waals surface area contributed by atoms with Gasteiger partial charge in [-0.15, -0.1) is 0 Å². The molecular weight excluding hydrogens is 194 g/mol. The lowest BCUT2D eigenvalue weighted by molar-refractivity contribution is 0.0440. The number of ether oxygens (including phenoxy) is 1. The van der Waals surface area contributed by atoms with Gasteiger partial charge in [0.15, 0.2) is 0 Å². The summed E-state index contributed by atoms with van der Waals surface area (Å²) in [5, 5.41) is 0. The molecule has 3 heteroatoms. The van der Waals surface area contributed by atoms with Crippen molar-refractivity contribution in [3.05, 3.63) is 30.1 Å². The fraction of sp³-hybridized carbons (Fsp3) is 0.545. The molecule has 1 heterocycles. The third-order valence-electron chi connectivity index (χ3n) is 2.02. The lowest BCUT2D eigenvalue weighted by atomic mass is 10.2. The Morgan fingerprint density at radius 2 is 2.00 bits per heavy atom. The van der Waals surface area contributed by atoms with E-state index < -0.39 is 0 Å². The van der Waals surface area contributed by atoms with Crippen molar-refractivity contribution in [3.63, 3.8) is 0 Å². The molecule has 0 aromatic carbocycles. The molecule has 0 saturated carbocycles. The highest BCUT2D eigenvalue weighted by Gasteiger charge is 2.15. The van der Waals surface area contributed by atoms with E-state index in [1.54, 1.807) is 7.11 Å². The van der Waals surface area contributed by atoms with Crippen molar-refractivity contribution in [2.24, 2.45) is 0 Å². The van der Waals surface area contributed by atoms with Crippen LogP contribution in [0.2, 0.25) is 0 Å². The molecule has 1 aromatic heterocycles. The summed E-state index contributed by atoms with van der Waals surface area (Å²) in [7, 11) is 1.76. The monoisotopic (exact) mass is 211 g/mol. The molecule has 0 amide bonds. The Labute approximate surface area is 90.1 Å². The van der Waals surface area contributed by atoms with E-state index in [0.29, 0.717) is 0 Å². The van der Waals surface area contributed by atoms with Crippen LogP contribution in [0.25, 0.3) is 0 Å². The first-order valence-electron chi connectivity index (χ1n) is 4.66. The Morgan fingerprint density at radius 3 is 2.57 bits per heavy atom. The molecule has 0 aliphatic rings. The summed E-state index contributed by atoms with van der Waals surface area (Å²) in [6.07, 6.45) is 3.66. The first-order valence-corrected chi connectivity index (χ1v) is 5.81. The van der Waals surface area contributed by atoms with Gasteiger partial charge in [-0.1, -0.05) is 0 Å². The minimum atomic E-state index is -0.0301. The van der Waals surface area contributed by atoms with E-state index in [4.69, 9.17) is 4.74 Å². The van der Waals surface area contributed by atoms with Gasteiger partial charge >= 0.3 is 0 Å². The van der Waals surface area contributed by atoms with Crippen LogP contribution >= 0.6 is 11.8 Å². The maximum atomic E-state index is 5.34. The van der Waals surface area contributed by atoms with Gasteiger partial charge in [-0.05, 0) is 31.5 Å². The van der Waals surface area contributed by atoms with E-state index in [9.17, 15) is 0 Å². The van der Waals surface area contributed by atoms with Crippen LogP contribution < -0.4 is 0 Å². The summed E-state index contributed by atoms with van der Waals surface area (Å²) in [6, 6.07) is 4.10. The maximum absolute atomic E-state index is 5.34. The third-order valence-corrected chi connectivity index (χ3v) is 3.46. The molecule has 0 aliphatic carbocycles. The van der Waals surface area contributed by atoms with Crippen molar-refractivity contribution in [3.8, 4) is 0 Å². The average molecular weight is 211 g/mol. The zero-order valence-corrected chi connectivity index (χ0v) is 9.80. The first-order chi connectivity index (χ1) is 6.64. The molecule has 78 valence electrons. The lowest BCUT2D eigenvalue weighted by Crippen LogP contribution is -2.25. The molecule has 0 spiro atoms. The van der Waals surface area contributed by atoms with Crippen LogP contribution in [0.1, 0.15) is 19.4 Å². The zero-order valence-electron chi connectivity index (χ0n) is 8.99. The van der Waals surface area contributed by atoms with Crippen LogP contribution in [0.5, 0.6) is 0 Å². The van der Waals surface area contributed by atoms with E-state index in [1.807, 2.05) is 36.3 Å². The number of nitrogens with zero attached hydrogens (tertiary/aromatic N) is 1. The van der Waals surface area contributed by atoms with E-state index in [0.717, 1.165) is 11.5 Å². The fourth-order valence-electron chi connectivity index (χ4n) is 0.953. The van der Waals surface area contributed by atoms with Crippen LogP contribution in [0.4, 0.5) is 0 Å². The second-order valence-electron chi connectivity index (χ2n) is 3.81. The van der Waals surface area contributed by atoms with Gasteiger partial charge in [-0.2, -0.15) is 11.8 Å². The Hall–Kier alpha value is -0.540. The third kappa shape index (κ3) is 4.11. The van der Waals surface area contributed by atoms with E-state index in [2.05, 4.69) is 18.8 Å². The van der Waals surface area contributed by atoms with Gasteiger partial charge < -0.3 is 4.74 Å². The first kappa shape index (κ1) is 11.5. The van der Waals surface area contributed by atoms with Crippen molar-refractivity contribution in [2.45, 2.75) is 25.2 Å². The minimum Gasteiger partial charge on any atom is -0.378 e. The lowest BCUT2D eigenvalue weighted by Gasteiger charge is -2.22. The average Bonchev–Trinajstić information content (AvgIpc) is 2.19. The molecule has 0 fully saturated rings. The summed E-state index contributed by atoms with van der Waals surface area (Å²) < 4.78 is 5.34. The Balaban J connectivity index is 2.29. The Kier molecular flexibility index (Phi) is 4.42. The molecule has 0 unspecified atom stereocenters. The molecule has 0 saturated heterocycles. The van der Waals surface area contributed by atoms with Gasteiger partial charge in [-0.25, -0.2) is 0 Å². The molecule has 0 atom stereocenters. The van der Waals surface area contributed by atoms with E-state index >= 15 is 0 Å². The molecule has 2 nitrogen and oxygen atoms in total. The van der Waals surface area contributed by atoms with Crippen molar-refractivity contribution in [1.82, 2.24) is 4.98 Å². The molecule has 0 bridgehead atoms. The highest BCUT2D eigenvalue weighted by Crippen LogP contribution is 2.19. The molecule has 1 aromatic rings. The second kappa shape index (κ2) is 5.37. The molecule has 0 radical (unpaired) electrons. The number of hydrogen-bond acceptors (Lipinski definition) is 3. The quantitative estimate of drug-likeness (QED) is 0.747. The highest BCUT2D eigenvalue weighted by atomic mass is 32.2. The van der Waals surface area contributed by atoms with Crippen molar-refractivity contribution in [1.29, 1.82) is 0 Å². The molecule has 1 rings (SSSR count). The minimum absolute atomic E-state index is 0.0301. The summed E-state index contributed by atoms with van der Waals surface area (Å²) in [6.45, 7) is 4.21. The SMILES string of the molecule is COC(C)(C)CSCc1ccncc1. The molecule has 0 N–H and O–H groups in total. The van der Waals surface area contributed by atoms with Crippen molar-refractivity contribution < 1.29 is 4.74 Å². The van der Waals surface area contributed by atoms with Crippen LogP contribution in [-0.2, 0) is 10.5 Å². The predicted octanol–water partition coefficient (Wildman–Crippen LogP) is 2.74. The van der Waals surface area contributed by atoms with Gasteiger partial charge in [0.1, 0.15) is 0 Å². The van der Waals surface area contributed by atoms with Gasteiger partial charge in [0, 0.05) is 31.0 Å². The normalized spacial score (nSPS) is 11.6. The van der Waals surface area contributed by atoms with Crippen LogP contribution in [0, 0.1) is 0 Å². The second-order valence-corrected chi connectivity index (χ2v) is 4.80.